The van der Waals surface area contributed by atoms with Gasteiger partial charge in [0.1, 0.15) is 18.3 Å². The molecule has 136 valence electrons. The minimum absolute atomic E-state index is 0.0740. The SMILES string of the molecule is CC(=O)C(CCc1ccc(Cl)cc1[N+](=O)[O-])C(=O)OCc1ccccc1. The standard InChI is InChI=1S/C19H18ClNO5/c1-13(22)17(19(23)26-12-14-5-3-2-4-6-14)10-8-15-7-9-16(20)11-18(15)21(24)25/h2-7,9,11,17H,8,10,12H2,1H3. The number of ketones is 1. The van der Waals surface area contributed by atoms with Gasteiger partial charge in [-0.15, -0.1) is 0 Å². The second kappa shape index (κ2) is 9.10. The Morgan fingerprint density at radius 3 is 2.50 bits per heavy atom. The van der Waals surface area contributed by atoms with Crippen LogP contribution in [0.15, 0.2) is 48.5 Å². The summed E-state index contributed by atoms with van der Waals surface area (Å²) >= 11 is 5.79. The molecule has 1 unspecified atom stereocenters. The van der Waals surface area contributed by atoms with E-state index in [1.807, 2.05) is 30.3 Å². The summed E-state index contributed by atoms with van der Waals surface area (Å²) in [7, 11) is 0. The topological polar surface area (TPSA) is 86.5 Å². The van der Waals surface area contributed by atoms with Gasteiger partial charge in [-0.3, -0.25) is 19.7 Å². The number of carbonyl (C=O) groups excluding carboxylic acids is 2. The molecule has 7 heteroatoms. The highest BCUT2D eigenvalue weighted by atomic mass is 35.5. The van der Waals surface area contributed by atoms with E-state index in [0.29, 0.717) is 5.56 Å². The highest BCUT2D eigenvalue weighted by Gasteiger charge is 2.26. The van der Waals surface area contributed by atoms with E-state index in [1.54, 1.807) is 6.07 Å². The Morgan fingerprint density at radius 1 is 1.19 bits per heavy atom. The number of Topliss-reactive ketones (excluding diaryl/α,β-unsaturated/α-hetero) is 1. The van der Waals surface area contributed by atoms with Crippen molar-refractivity contribution in [1.29, 1.82) is 0 Å². The lowest BCUT2D eigenvalue weighted by atomic mass is 9.95. The van der Waals surface area contributed by atoms with Crippen LogP contribution in [0.4, 0.5) is 5.69 Å². The van der Waals surface area contributed by atoms with Gasteiger partial charge in [-0.05, 0) is 31.4 Å². The maximum atomic E-state index is 12.3. The van der Waals surface area contributed by atoms with Gasteiger partial charge in [0.05, 0.1) is 4.92 Å². The second-order valence-electron chi connectivity index (χ2n) is 5.83. The minimum Gasteiger partial charge on any atom is -0.460 e. The van der Waals surface area contributed by atoms with Crippen molar-refractivity contribution >= 4 is 29.0 Å². The van der Waals surface area contributed by atoms with Crippen molar-refractivity contribution in [3.05, 3.63) is 74.8 Å². The molecular formula is C19H18ClNO5. The smallest absolute Gasteiger partial charge is 0.316 e. The zero-order valence-corrected chi connectivity index (χ0v) is 14.9. The third-order valence-electron chi connectivity index (χ3n) is 3.95. The van der Waals surface area contributed by atoms with Crippen LogP contribution in [0.5, 0.6) is 0 Å². The van der Waals surface area contributed by atoms with Crippen LogP contribution in [0.25, 0.3) is 0 Å². The molecular weight excluding hydrogens is 358 g/mol. The molecule has 0 bridgehead atoms. The van der Waals surface area contributed by atoms with E-state index in [2.05, 4.69) is 0 Å². The predicted octanol–water partition coefficient (Wildman–Crippen LogP) is 4.13. The van der Waals surface area contributed by atoms with E-state index >= 15 is 0 Å². The first-order valence-electron chi connectivity index (χ1n) is 8.02. The van der Waals surface area contributed by atoms with Crippen molar-refractivity contribution in [3.63, 3.8) is 0 Å². The fourth-order valence-electron chi connectivity index (χ4n) is 2.53. The number of esters is 1. The first kappa shape index (κ1) is 19.6. The molecule has 1 atom stereocenters. The number of hydrogen-bond acceptors (Lipinski definition) is 5. The molecule has 0 aliphatic rings. The van der Waals surface area contributed by atoms with Crippen LogP contribution in [-0.2, 0) is 27.4 Å². The predicted molar refractivity (Wildman–Crippen MR) is 96.8 cm³/mol. The Morgan fingerprint density at radius 2 is 1.88 bits per heavy atom. The molecule has 0 aromatic heterocycles. The van der Waals surface area contributed by atoms with Crippen molar-refractivity contribution in [1.82, 2.24) is 0 Å². The van der Waals surface area contributed by atoms with Crippen molar-refractivity contribution in [3.8, 4) is 0 Å². The van der Waals surface area contributed by atoms with E-state index in [1.165, 1.54) is 19.1 Å². The first-order valence-corrected chi connectivity index (χ1v) is 8.40. The van der Waals surface area contributed by atoms with Crippen molar-refractivity contribution < 1.29 is 19.2 Å². The summed E-state index contributed by atoms with van der Waals surface area (Å²) in [5.41, 5.74) is 1.11. The zero-order valence-electron chi connectivity index (χ0n) is 14.2. The first-order chi connectivity index (χ1) is 12.4. The number of hydrogen-bond donors (Lipinski definition) is 0. The fraction of sp³-hybridized carbons (Fsp3) is 0.263. The average molecular weight is 376 g/mol. The summed E-state index contributed by atoms with van der Waals surface area (Å²) in [5.74, 6) is -1.92. The van der Waals surface area contributed by atoms with Crippen LogP contribution >= 0.6 is 11.6 Å². The van der Waals surface area contributed by atoms with Crippen LogP contribution in [0.2, 0.25) is 5.02 Å². The molecule has 2 aromatic rings. The Balaban J connectivity index is 2.03. The van der Waals surface area contributed by atoms with Crippen molar-refractivity contribution in [2.45, 2.75) is 26.4 Å². The molecule has 0 aliphatic heterocycles. The molecule has 2 aromatic carbocycles. The lowest BCUT2D eigenvalue weighted by molar-refractivity contribution is -0.385. The van der Waals surface area contributed by atoms with Gasteiger partial charge in [-0.25, -0.2) is 0 Å². The summed E-state index contributed by atoms with van der Waals surface area (Å²) in [5, 5.41) is 11.4. The van der Waals surface area contributed by atoms with Gasteiger partial charge in [0.25, 0.3) is 5.69 Å². The monoisotopic (exact) mass is 375 g/mol. The highest BCUT2D eigenvalue weighted by molar-refractivity contribution is 6.30. The molecule has 0 N–H and O–H groups in total. The van der Waals surface area contributed by atoms with Gasteiger partial charge in [0.15, 0.2) is 0 Å². The van der Waals surface area contributed by atoms with E-state index in [0.717, 1.165) is 5.56 Å². The number of aryl methyl sites for hydroxylation is 1. The van der Waals surface area contributed by atoms with Crippen molar-refractivity contribution in [2.75, 3.05) is 0 Å². The summed E-state index contributed by atoms with van der Waals surface area (Å²) in [6.45, 7) is 1.38. The molecule has 2 rings (SSSR count). The van der Waals surface area contributed by atoms with Crippen molar-refractivity contribution in [2.24, 2.45) is 5.92 Å². The lowest BCUT2D eigenvalue weighted by Crippen LogP contribution is -2.25. The molecule has 0 saturated heterocycles. The van der Waals surface area contributed by atoms with Crippen LogP contribution < -0.4 is 0 Å². The summed E-state index contributed by atoms with van der Waals surface area (Å²) in [6, 6.07) is 13.5. The Bertz CT molecular complexity index is 807. The number of ether oxygens (including phenoxy) is 1. The van der Waals surface area contributed by atoms with Crippen LogP contribution in [0, 0.1) is 16.0 Å². The van der Waals surface area contributed by atoms with E-state index < -0.39 is 16.8 Å². The number of rotatable bonds is 8. The number of nitro groups is 1. The Labute approximate surface area is 155 Å². The van der Waals surface area contributed by atoms with Crippen LogP contribution in [-0.4, -0.2) is 16.7 Å². The number of benzene rings is 2. The largest absolute Gasteiger partial charge is 0.460 e. The average Bonchev–Trinajstić information content (AvgIpc) is 2.61. The van der Waals surface area contributed by atoms with Gasteiger partial charge in [-0.1, -0.05) is 48.0 Å². The molecule has 26 heavy (non-hydrogen) atoms. The lowest BCUT2D eigenvalue weighted by Gasteiger charge is -2.13. The number of nitrogens with zero attached hydrogens (tertiary/aromatic N) is 1. The number of carbonyl (C=O) groups is 2. The Kier molecular flexibility index (Phi) is 6.86. The quantitative estimate of drug-likeness (QED) is 0.299. The van der Waals surface area contributed by atoms with Crippen LogP contribution in [0.1, 0.15) is 24.5 Å². The molecule has 0 aliphatic carbocycles. The third-order valence-corrected chi connectivity index (χ3v) is 4.18. The minimum atomic E-state index is -0.964. The zero-order chi connectivity index (χ0) is 19.1. The summed E-state index contributed by atoms with van der Waals surface area (Å²) in [6.07, 6.45) is 0.323. The van der Waals surface area contributed by atoms with E-state index in [4.69, 9.17) is 16.3 Å². The van der Waals surface area contributed by atoms with Gasteiger partial charge in [-0.2, -0.15) is 0 Å². The second-order valence-corrected chi connectivity index (χ2v) is 6.26. The number of halogens is 1. The molecule has 0 fully saturated rings. The maximum absolute atomic E-state index is 12.3. The summed E-state index contributed by atoms with van der Waals surface area (Å²) in [4.78, 5) is 34.7. The number of nitro benzene ring substituents is 1. The summed E-state index contributed by atoms with van der Waals surface area (Å²) < 4.78 is 5.22. The maximum Gasteiger partial charge on any atom is 0.316 e. The highest BCUT2D eigenvalue weighted by Crippen LogP contribution is 2.26. The third kappa shape index (κ3) is 5.39. The molecule has 0 spiro atoms. The molecule has 0 saturated carbocycles. The van der Waals surface area contributed by atoms with Gasteiger partial charge >= 0.3 is 5.97 Å². The van der Waals surface area contributed by atoms with Gasteiger partial charge in [0.2, 0.25) is 0 Å². The fourth-order valence-corrected chi connectivity index (χ4v) is 2.70. The molecule has 0 radical (unpaired) electrons. The van der Waals surface area contributed by atoms with E-state index in [9.17, 15) is 19.7 Å². The molecule has 0 heterocycles. The normalized spacial score (nSPS) is 11.6. The molecule has 0 amide bonds. The molecule has 6 nitrogen and oxygen atoms in total. The van der Waals surface area contributed by atoms with Gasteiger partial charge in [0, 0.05) is 16.7 Å². The Hall–Kier alpha value is -2.73. The van der Waals surface area contributed by atoms with Gasteiger partial charge < -0.3 is 4.74 Å². The van der Waals surface area contributed by atoms with Crippen LogP contribution in [0.3, 0.4) is 0 Å². The van der Waals surface area contributed by atoms with E-state index in [-0.39, 0.29) is 35.9 Å².